The molecule has 0 saturated carbocycles. The van der Waals surface area contributed by atoms with Crippen LogP contribution < -0.4 is 21.3 Å². The van der Waals surface area contributed by atoms with Gasteiger partial charge in [-0.15, -0.1) is 0 Å². The van der Waals surface area contributed by atoms with Crippen LogP contribution in [0.1, 0.15) is 141 Å². The van der Waals surface area contributed by atoms with E-state index < -0.39 is 0 Å². The minimum Gasteiger partial charge on any atom is -0.350 e. The number of rotatable bonds is 24. The summed E-state index contributed by atoms with van der Waals surface area (Å²) >= 11 is 24.2. The second kappa shape index (κ2) is 32.7. The fourth-order valence-corrected chi connectivity index (χ4v) is 11.3. The fourth-order valence-electron chi connectivity index (χ4n) is 10.7. The summed E-state index contributed by atoms with van der Waals surface area (Å²) in [6.45, 7) is 15.2. The first-order chi connectivity index (χ1) is 37.3. The number of hydrogen-bond acceptors (Lipinski definition) is 8. The third-order valence-electron chi connectivity index (χ3n) is 15.5. The van der Waals surface area contributed by atoms with Crippen molar-refractivity contribution in [3.05, 3.63) is 139 Å². The Morgan fingerprint density at radius 2 is 1.06 bits per heavy atom. The highest BCUT2D eigenvalue weighted by Gasteiger charge is 2.34. The van der Waals surface area contributed by atoms with Crippen LogP contribution in [0, 0.1) is 0 Å². The lowest BCUT2D eigenvalue weighted by atomic mass is 9.95. The summed E-state index contributed by atoms with van der Waals surface area (Å²) in [7, 11) is 2.13. The van der Waals surface area contributed by atoms with E-state index >= 15 is 0 Å². The van der Waals surface area contributed by atoms with Gasteiger partial charge in [-0.3, -0.25) is 19.2 Å². The van der Waals surface area contributed by atoms with Crippen LogP contribution in [0.25, 0.3) is 0 Å². The fraction of sp³-hybridized carbons (Fsp3) is 0.541. The summed E-state index contributed by atoms with van der Waals surface area (Å²) in [4.78, 5) is 62.1. The SMILES string of the molecule is CCCCCN(C)CC[C@@H]1N[C@H](CNC(=O)c2ccc(Cl)c(Cl)c2)CCN(C[C@@H](CC)c2ccccc2)C1=O.CC[C@H](CN1CC[C@@H](CNC(=O)c2ccc(Cl)c(Cl)c2)N[C@@H](CCN2CCCCC2)C1=O)c1ccccc1. The van der Waals surface area contributed by atoms with Crippen molar-refractivity contribution in [2.75, 3.05) is 79.0 Å². The Labute approximate surface area is 479 Å². The molecule has 0 aromatic heterocycles. The Kier molecular flexibility index (Phi) is 26.3. The molecule has 0 spiro atoms. The van der Waals surface area contributed by atoms with Gasteiger partial charge in [-0.1, -0.05) is 147 Å². The predicted molar refractivity (Wildman–Crippen MR) is 317 cm³/mol. The molecule has 77 heavy (non-hydrogen) atoms. The van der Waals surface area contributed by atoms with Gasteiger partial charge in [-0.25, -0.2) is 0 Å². The first kappa shape index (κ1) is 62.0. The molecular formula is C61H84Cl4N8O4. The van der Waals surface area contributed by atoms with Crippen LogP contribution in [-0.2, 0) is 9.59 Å². The highest BCUT2D eigenvalue weighted by Crippen LogP contribution is 2.27. The molecule has 12 nitrogen and oxygen atoms in total. The van der Waals surface area contributed by atoms with E-state index in [0.29, 0.717) is 82.3 Å². The number of amides is 4. The highest BCUT2D eigenvalue weighted by atomic mass is 35.5. The summed E-state index contributed by atoms with van der Waals surface area (Å²) in [6, 6.07) is 30.1. The third-order valence-corrected chi connectivity index (χ3v) is 17.0. The summed E-state index contributed by atoms with van der Waals surface area (Å²) < 4.78 is 0. The van der Waals surface area contributed by atoms with Crippen molar-refractivity contribution < 1.29 is 19.2 Å². The van der Waals surface area contributed by atoms with Gasteiger partial charge in [0.2, 0.25) is 11.8 Å². The molecular weight excluding hydrogens is 1050 g/mol. The largest absolute Gasteiger partial charge is 0.350 e. The van der Waals surface area contributed by atoms with Gasteiger partial charge in [0, 0.05) is 80.9 Å². The number of nitrogens with one attached hydrogen (secondary N) is 4. The molecule has 0 unspecified atom stereocenters. The van der Waals surface area contributed by atoms with Gasteiger partial charge in [0.1, 0.15) is 0 Å². The van der Waals surface area contributed by atoms with Crippen LogP contribution in [0.5, 0.6) is 0 Å². The van der Waals surface area contributed by atoms with E-state index in [-0.39, 0.29) is 47.8 Å². The number of likely N-dealkylation sites (tertiary alicyclic amines) is 1. The molecule has 0 radical (unpaired) electrons. The topological polar surface area (TPSA) is 129 Å². The Balaban J connectivity index is 0.000000250. The van der Waals surface area contributed by atoms with Crippen molar-refractivity contribution in [1.29, 1.82) is 0 Å². The molecule has 3 fully saturated rings. The van der Waals surface area contributed by atoms with Crippen molar-refractivity contribution in [3.8, 4) is 0 Å². The standard InChI is InChI=1S/C31H44Cl2N4O2.C30H40Cl2N4O2/c1-4-6-10-17-36(3)18-16-29-31(39)37(22-23(5-2)24-11-8-7-9-12-24)19-15-26(35-29)21-34-30(38)25-13-14-27(32)28(33)20-25;1-2-22(23-9-5-3-6-10-23)21-36-18-13-25(20-33-29(37)24-11-12-26(31)27(32)19-24)34-28(30(36)38)14-17-35-15-7-4-8-16-35/h7-9,11-14,20,23,26,29,35H,4-6,10,15-19,21-22H2,1-3H3,(H,34,38);3,5-6,9-12,19,22,25,28,34H,2,4,7-8,13-18,20-21H2,1H3,(H,33,37)/t23-,26+,29+;22-,25+,28+/m11/s1. The average molecular weight is 1140 g/mol. The average Bonchev–Trinajstić information content (AvgIpc) is 3.70. The summed E-state index contributed by atoms with van der Waals surface area (Å²) in [5.41, 5.74) is 3.48. The second-order valence-electron chi connectivity index (χ2n) is 21.2. The van der Waals surface area contributed by atoms with Crippen LogP contribution in [0.3, 0.4) is 0 Å². The molecule has 6 atom stereocenters. The van der Waals surface area contributed by atoms with Crippen molar-refractivity contribution >= 4 is 70.0 Å². The Bertz CT molecular complexity index is 2450. The van der Waals surface area contributed by atoms with Gasteiger partial charge in [0.25, 0.3) is 11.8 Å². The quantitative estimate of drug-likeness (QED) is 0.0511. The molecule has 420 valence electrons. The second-order valence-corrected chi connectivity index (χ2v) is 22.8. The number of nitrogens with zero attached hydrogens (tertiary/aromatic N) is 4. The number of piperidine rings is 1. The number of unbranched alkanes of at least 4 members (excludes halogenated alkanes) is 2. The van der Waals surface area contributed by atoms with Crippen LogP contribution in [-0.4, -0.2) is 146 Å². The summed E-state index contributed by atoms with van der Waals surface area (Å²) in [6.07, 6.45) is 12.3. The van der Waals surface area contributed by atoms with E-state index in [1.165, 1.54) is 49.7 Å². The number of halogens is 4. The number of carbonyl (C=O) groups excluding carboxylic acids is 4. The van der Waals surface area contributed by atoms with E-state index in [0.717, 1.165) is 71.2 Å². The lowest BCUT2D eigenvalue weighted by Gasteiger charge is -2.31. The van der Waals surface area contributed by atoms with E-state index in [2.05, 4.69) is 112 Å². The number of carbonyl (C=O) groups is 4. The van der Waals surface area contributed by atoms with Crippen molar-refractivity contribution in [2.45, 2.75) is 134 Å². The Morgan fingerprint density at radius 1 is 0.597 bits per heavy atom. The molecule has 3 saturated heterocycles. The molecule has 16 heteroatoms. The molecule has 4 N–H and O–H groups in total. The molecule has 7 rings (SSSR count). The van der Waals surface area contributed by atoms with E-state index in [1.807, 2.05) is 17.0 Å². The van der Waals surface area contributed by atoms with Crippen molar-refractivity contribution in [3.63, 3.8) is 0 Å². The molecule has 4 aromatic rings. The van der Waals surface area contributed by atoms with Crippen LogP contribution in [0.2, 0.25) is 20.1 Å². The number of hydrogen-bond donors (Lipinski definition) is 4. The van der Waals surface area contributed by atoms with Gasteiger partial charge >= 0.3 is 0 Å². The lowest BCUT2D eigenvalue weighted by molar-refractivity contribution is -0.134. The van der Waals surface area contributed by atoms with Gasteiger partial charge < -0.3 is 40.9 Å². The zero-order valence-corrected chi connectivity index (χ0v) is 48.9. The molecule has 3 aliphatic rings. The first-order valence-electron chi connectivity index (χ1n) is 28.3. The monoisotopic (exact) mass is 1130 g/mol. The van der Waals surface area contributed by atoms with E-state index in [1.54, 1.807) is 36.4 Å². The summed E-state index contributed by atoms with van der Waals surface area (Å²) in [5.74, 6) is 0.523. The maximum Gasteiger partial charge on any atom is 0.251 e. The van der Waals surface area contributed by atoms with Gasteiger partial charge in [0.05, 0.1) is 32.2 Å². The van der Waals surface area contributed by atoms with Crippen LogP contribution >= 0.6 is 46.4 Å². The third kappa shape index (κ3) is 19.8. The van der Waals surface area contributed by atoms with E-state index in [4.69, 9.17) is 46.4 Å². The van der Waals surface area contributed by atoms with Crippen molar-refractivity contribution in [1.82, 2.24) is 40.9 Å². The lowest BCUT2D eigenvalue weighted by Crippen LogP contribution is -2.50. The number of benzene rings is 4. The Hall–Kier alpha value is -4.24. The predicted octanol–water partition coefficient (Wildman–Crippen LogP) is 11.3. The maximum absolute atomic E-state index is 13.8. The zero-order valence-electron chi connectivity index (χ0n) is 45.9. The zero-order chi connectivity index (χ0) is 55.1. The van der Waals surface area contributed by atoms with Crippen LogP contribution in [0.4, 0.5) is 0 Å². The molecule has 4 amide bonds. The summed E-state index contributed by atoms with van der Waals surface area (Å²) in [5, 5.41) is 14.8. The minimum atomic E-state index is -0.290. The van der Waals surface area contributed by atoms with Crippen LogP contribution in [0.15, 0.2) is 97.1 Å². The minimum absolute atomic E-state index is 0.00108. The molecule has 0 bridgehead atoms. The smallest absolute Gasteiger partial charge is 0.251 e. The first-order valence-corrected chi connectivity index (χ1v) is 29.8. The van der Waals surface area contributed by atoms with Gasteiger partial charge in [0.15, 0.2) is 0 Å². The van der Waals surface area contributed by atoms with Gasteiger partial charge in [-0.05, 0) is 139 Å². The normalized spacial score (nSPS) is 20.2. The van der Waals surface area contributed by atoms with Gasteiger partial charge in [-0.2, -0.15) is 0 Å². The maximum atomic E-state index is 13.8. The Morgan fingerprint density at radius 3 is 1.51 bits per heavy atom. The van der Waals surface area contributed by atoms with E-state index in [9.17, 15) is 19.2 Å². The molecule has 3 aliphatic heterocycles. The molecule has 4 aromatic carbocycles. The highest BCUT2D eigenvalue weighted by molar-refractivity contribution is 6.42. The molecule has 0 aliphatic carbocycles. The van der Waals surface area contributed by atoms with Crippen molar-refractivity contribution in [2.24, 2.45) is 0 Å². The molecule has 3 heterocycles.